The average molecular weight is 418 g/mol. The molecule has 2 aromatic heterocycles. The molecular weight excluding hydrogens is 390 g/mol. The first-order valence-electron chi connectivity index (χ1n) is 11.4. The highest BCUT2D eigenvalue weighted by Crippen LogP contribution is 2.51. The maximum atomic E-state index is 6.59. The fourth-order valence-corrected chi connectivity index (χ4v) is 5.39. The summed E-state index contributed by atoms with van der Waals surface area (Å²) in [6.45, 7) is 11.2. The normalized spacial score (nSPS) is 14.3. The second kappa shape index (κ2) is 6.56. The third kappa shape index (κ3) is 2.56. The molecule has 5 aromatic rings. The van der Waals surface area contributed by atoms with Crippen molar-refractivity contribution < 1.29 is 4.42 Å². The second-order valence-electron chi connectivity index (χ2n) is 9.93. The molecule has 0 saturated carbocycles. The summed E-state index contributed by atoms with van der Waals surface area (Å²) in [6.07, 6.45) is 1.92. The van der Waals surface area contributed by atoms with Crippen LogP contribution in [-0.4, -0.2) is 4.98 Å². The minimum atomic E-state index is -0.0234. The SMILES string of the molecule is Cc1ccc2c(oc3cc4c(cc32)C(C)(C)c2ccccc2-4)c1-c1cc(C(C)C)ccn1. The Kier molecular flexibility index (Phi) is 3.96. The molecule has 0 radical (unpaired) electrons. The molecule has 0 aliphatic heterocycles. The monoisotopic (exact) mass is 417 g/mol. The number of hydrogen-bond donors (Lipinski definition) is 0. The van der Waals surface area contributed by atoms with Crippen molar-refractivity contribution in [2.75, 3.05) is 0 Å². The number of fused-ring (bicyclic) bond motifs is 6. The molecule has 32 heavy (non-hydrogen) atoms. The van der Waals surface area contributed by atoms with Crippen LogP contribution in [0, 0.1) is 6.92 Å². The Labute approximate surface area is 188 Å². The van der Waals surface area contributed by atoms with Gasteiger partial charge in [0, 0.05) is 27.9 Å². The molecule has 0 amide bonds. The highest BCUT2D eigenvalue weighted by Gasteiger charge is 2.36. The van der Waals surface area contributed by atoms with Crippen molar-refractivity contribution in [2.24, 2.45) is 0 Å². The van der Waals surface area contributed by atoms with Crippen LogP contribution < -0.4 is 0 Å². The summed E-state index contributed by atoms with van der Waals surface area (Å²) < 4.78 is 6.59. The van der Waals surface area contributed by atoms with E-state index in [9.17, 15) is 0 Å². The van der Waals surface area contributed by atoms with Gasteiger partial charge in [0.15, 0.2) is 0 Å². The number of hydrogen-bond acceptors (Lipinski definition) is 2. The van der Waals surface area contributed by atoms with Gasteiger partial charge in [0.05, 0.1) is 5.69 Å². The van der Waals surface area contributed by atoms with E-state index in [0.717, 1.165) is 27.8 Å². The van der Waals surface area contributed by atoms with Gasteiger partial charge in [-0.1, -0.05) is 64.1 Å². The van der Waals surface area contributed by atoms with Crippen LogP contribution in [0.25, 0.3) is 44.3 Å². The largest absolute Gasteiger partial charge is 0.455 e. The molecule has 2 heterocycles. The number of aromatic nitrogens is 1. The molecule has 0 spiro atoms. The van der Waals surface area contributed by atoms with Crippen LogP contribution in [0.15, 0.2) is 71.3 Å². The summed E-state index contributed by atoms with van der Waals surface area (Å²) >= 11 is 0. The van der Waals surface area contributed by atoms with Crippen molar-refractivity contribution >= 4 is 21.9 Å². The van der Waals surface area contributed by atoms with Gasteiger partial charge >= 0.3 is 0 Å². The van der Waals surface area contributed by atoms with Gasteiger partial charge in [-0.3, -0.25) is 4.98 Å². The molecule has 2 heteroatoms. The number of pyridine rings is 1. The Morgan fingerprint density at radius 3 is 2.47 bits per heavy atom. The number of nitrogens with zero attached hydrogens (tertiary/aromatic N) is 1. The highest BCUT2D eigenvalue weighted by molar-refractivity contribution is 6.11. The third-order valence-corrected chi connectivity index (χ3v) is 7.26. The fraction of sp³-hybridized carbons (Fsp3) is 0.233. The number of furan rings is 1. The van der Waals surface area contributed by atoms with Gasteiger partial charge < -0.3 is 4.42 Å². The molecule has 0 saturated heterocycles. The van der Waals surface area contributed by atoms with Gasteiger partial charge in [-0.25, -0.2) is 0 Å². The van der Waals surface area contributed by atoms with Crippen LogP contribution in [0.5, 0.6) is 0 Å². The molecule has 0 bridgehead atoms. The van der Waals surface area contributed by atoms with E-state index < -0.39 is 0 Å². The van der Waals surface area contributed by atoms with Crippen LogP contribution in [0.3, 0.4) is 0 Å². The minimum Gasteiger partial charge on any atom is -0.455 e. The van der Waals surface area contributed by atoms with E-state index in [1.807, 2.05) is 6.20 Å². The minimum absolute atomic E-state index is 0.0234. The molecule has 1 aliphatic rings. The maximum Gasteiger partial charge on any atom is 0.145 e. The molecular formula is C30H27NO. The van der Waals surface area contributed by atoms with E-state index >= 15 is 0 Å². The third-order valence-electron chi connectivity index (χ3n) is 7.26. The van der Waals surface area contributed by atoms with Crippen molar-refractivity contribution in [1.29, 1.82) is 0 Å². The molecule has 6 rings (SSSR count). The quantitative estimate of drug-likeness (QED) is 0.288. The van der Waals surface area contributed by atoms with Crippen molar-refractivity contribution in [3.05, 3.63) is 89.1 Å². The average Bonchev–Trinajstić information content (AvgIpc) is 3.25. The number of benzene rings is 3. The van der Waals surface area contributed by atoms with E-state index in [4.69, 9.17) is 9.40 Å². The van der Waals surface area contributed by atoms with Gasteiger partial charge in [0.1, 0.15) is 11.2 Å². The van der Waals surface area contributed by atoms with Gasteiger partial charge in [-0.15, -0.1) is 0 Å². The first kappa shape index (κ1) is 19.3. The lowest BCUT2D eigenvalue weighted by Gasteiger charge is -2.21. The Morgan fingerprint density at radius 1 is 0.844 bits per heavy atom. The zero-order valence-corrected chi connectivity index (χ0v) is 19.3. The molecule has 0 unspecified atom stereocenters. The van der Waals surface area contributed by atoms with Crippen LogP contribution in [0.2, 0.25) is 0 Å². The molecule has 0 N–H and O–H groups in total. The molecule has 158 valence electrons. The zero-order chi connectivity index (χ0) is 22.2. The lowest BCUT2D eigenvalue weighted by Crippen LogP contribution is -2.14. The predicted octanol–water partition coefficient (Wildman–Crippen LogP) is 8.39. The van der Waals surface area contributed by atoms with E-state index in [1.54, 1.807) is 0 Å². The maximum absolute atomic E-state index is 6.59. The van der Waals surface area contributed by atoms with Gasteiger partial charge in [-0.2, -0.15) is 0 Å². The predicted molar refractivity (Wildman–Crippen MR) is 133 cm³/mol. The molecule has 1 aliphatic carbocycles. The van der Waals surface area contributed by atoms with Gasteiger partial charge in [0.25, 0.3) is 0 Å². The zero-order valence-electron chi connectivity index (χ0n) is 19.3. The van der Waals surface area contributed by atoms with E-state index in [1.165, 1.54) is 38.8 Å². The summed E-state index contributed by atoms with van der Waals surface area (Å²) in [5.41, 5.74) is 11.8. The van der Waals surface area contributed by atoms with Crippen LogP contribution in [-0.2, 0) is 5.41 Å². The first-order valence-corrected chi connectivity index (χ1v) is 11.4. The van der Waals surface area contributed by atoms with Crippen molar-refractivity contribution in [3.63, 3.8) is 0 Å². The summed E-state index contributed by atoms with van der Waals surface area (Å²) in [6, 6.07) is 22.1. The first-order chi connectivity index (χ1) is 15.4. The molecule has 0 fully saturated rings. The summed E-state index contributed by atoms with van der Waals surface area (Å²) in [4.78, 5) is 4.73. The van der Waals surface area contributed by atoms with Crippen LogP contribution >= 0.6 is 0 Å². The number of aryl methyl sites for hydroxylation is 1. The Hall–Kier alpha value is -3.39. The van der Waals surface area contributed by atoms with Crippen molar-refractivity contribution in [3.8, 4) is 22.4 Å². The number of rotatable bonds is 2. The smallest absolute Gasteiger partial charge is 0.145 e. The lowest BCUT2D eigenvalue weighted by atomic mass is 9.82. The Morgan fingerprint density at radius 2 is 1.66 bits per heavy atom. The summed E-state index contributed by atoms with van der Waals surface area (Å²) in [5, 5.41) is 2.34. The Bertz CT molecular complexity index is 1530. The topological polar surface area (TPSA) is 26.0 Å². The summed E-state index contributed by atoms with van der Waals surface area (Å²) in [7, 11) is 0. The van der Waals surface area contributed by atoms with Crippen molar-refractivity contribution in [1.82, 2.24) is 4.98 Å². The van der Waals surface area contributed by atoms with Crippen molar-refractivity contribution in [2.45, 2.75) is 46.0 Å². The standard InChI is InChI=1S/C30H27NO/c1-17(2)19-12-13-31-26(14-19)28-18(3)10-11-21-23-15-25-22(16-27(23)32-29(21)28)20-8-6-7-9-24(20)30(25,4)5/h6-17H,1-5H3. The van der Waals surface area contributed by atoms with Crippen LogP contribution in [0.4, 0.5) is 0 Å². The summed E-state index contributed by atoms with van der Waals surface area (Å²) in [5.74, 6) is 0.456. The Balaban J connectivity index is 1.65. The lowest BCUT2D eigenvalue weighted by molar-refractivity contribution is 0.658. The second-order valence-corrected chi connectivity index (χ2v) is 9.93. The van der Waals surface area contributed by atoms with Crippen LogP contribution in [0.1, 0.15) is 55.9 Å². The van der Waals surface area contributed by atoms with Gasteiger partial charge in [-0.05, 0) is 70.5 Å². The fourth-order valence-electron chi connectivity index (χ4n) is 5.39. The van der Waals surface area contributed by atoms with Gasteiger partial charge in [0.2, 0.25) is 0 Å². The molecule has 2 nitrogen and oxygen atoms in total. The van der Waals surface area contributed by atoms with E-state index in [2.05, 4.69) is 95.3 Å². The molecule has 3 aromatic carbocycles. The van der Waals surface area contributed by atoms with E-state index in [0.29, 0.717) is 5.92 Å². The van der Waals surface area contributed by atoms with E-state index in [-0.39, 0.29) is 5.41 Å². The molecule has 0 atom stereocenters. The highest BCUT2D eigenvalue weighted by atomic mass is 16.3.